The molecule has 222 valence electrons. The van der Waals surface area contributed by atoms with Crippen molar-refractivity contribution in [3.63, 3.8) is 0 Å². The Labute approximate surface area is 249 Å². The molecule has 2 aliphatic heterocycles. The summed E-state index contributed by atoms with van der Waals surface area (Å²) in [4.78, 5) is 23.8. The van der Waals surface area contributed by atoms with Crippen LogP contribution in [0.5, 0.6) is 5.75 Å². The Kier molecular flexibility index (Phi) is 8.62. The van der Waals surface area contributed by atoms with E-state index in [4.69, 9.17) is 23.8 Å². The molecule has 0 aliphatic carbocycles. The second-order valence-corrected chi connectivity index (χ2v) is 12.3. The first-order valence-electron chi connectivity index (χ1n) is 14.9. The van der Waals surface area contributed by atoms with Crippen LogP contribution in [0.15, 0.2) is 48.7 Å². The number of hydrogen-bond donors (Lipinski definition) is 0. The average molecular weight is 572 g/mol. The highest BCUT2D eigenvalue weighted by atomic mass is 16.7. The van der Waals surface area contributed by atoms with Crippen molar-refractivity contribution in [1.82, 2.24) is 9.97 Å². The van der Waals surface area contributed by atoms with Gasteiger partial charge in [0.1, 0.15) is 12.4 Å². The predicted molar refractivity (Wildman–Crippen MR) is 165 cm³/mol. The summed E-state index contributed by atoms with van der Waals surface area (Å²) in [6, 6.07) is 14.3. The average Bonchev–Trinajstić information content (AvgIpc) is 3.19. The lowest BCUT2D eigenvalue weighted by molar-refractivity contribution is -0.148. The first-order chi connectivity index (χ1) is 20.0. The van der Waals surface area contributed by atoms with Crippen LogP contribution in [0.4, 0.5) is 5.95 Å². The Morgan fingerprint density at radius 1 is 1.02 bits per heavy atom. The van der Waals surface area contributed by atoms with E-state index in [9.17, 15) is 4.79 Å². The molecule has 9 heteroatoms. The molecule has 0 amide bonds. The third kappa shape index (κ3) is 6.32. The number of anilines is 1. The maximum Gasteiger partial charge on any atom is 0.494 e. The van der Waals surface area contributed by atoms with E-state index in [-0.39, 0.29) is 23.1 Å². The molecule has 2 fully saturated rings. The highest BCUT2D eigenvalue weighted by Crippen LogP contribution is 2.37. The van der Waals surface area contributed by atoms with Gasteiger partial charge in [-0.25, -0.2) is 9.97 Å². The SMILES string of the molecule is CCOC(=O)C1CCN(c2nccc(-c3cc(C)ccc3OCc3ccc(B4OC(C)(C)C(C)(C)O4)cc3C)n2)CC1. The van der Waals surface area contributed by atoms with Crippen molar-refractivity contribution in [2.24, 2.45) is 5.92 Å². The second-order valence-electron chi connectivity index (χ2n) is 12.3. The molecule has 0 unspecified atom stereocenters. The summed E-state index contributed by atoms with van der Waals surface area (Å²) < 4.78 is 24.1. The molecule has 0 atom stereocenters. The summed E-state index contributed by atoms with van der Waals surface area (Å²) >= 11 is 0. The standard InChI is InChI=1S/C33H42BN3O5/c1-8-39-30(38)24-14-17-37(18-15-24)31-35-16-13-28(36-31)27-19-22(2)9-12-29(27)40-21-25-10-11-26(20-23(25)3)34-41-32(4,5)33(6,7)42-34/h9-13,16,19-20,24H,8,14-15,17-18,21H2,1-7H3. The first kappa shape index (κ1) is 30.0. The van der Waals surface area contributed by atoms with E-state index in [1.54, 1.807) is 6.20 Å². The topological polar surface area (TPSA) is 83.0 Å². The lowest BCUT2D eigenvalue weighted by atomic mass is 9.78. The number of carbonyl (C=O) groups is 1. The fraction of sp³-hybridized carbons (Fsp3) is 0.485. The summed E-state index contributed by atoms with van der Waals surface area (Å²) in [7, 11) is -0.393. The van der Waals surface area contributed by atoms with Gasteiger partial charge in [0.25, 0.3) is 0 Å². The predicted octanol–water partition coefficient (Wildman–Crippen LogP) is 5.42. The van der Waals surface area contributed by atoms with Crippen LogP contribution >= 0.6 is 0 Å². The van der Waals surface area contributed by atoms with Crippen LogP contribution in [0.25, 0.3) is 11.3 Å². The molecule has 3 heterocycles. The molecule has 0 bridgehead atoms. The van der Waals surface area contributed by atoms with Gasteiger partial charge in [-0.05, 0) is 96.1 Å². The molecule has 0 spiro atoms. The van der Waals surface area contributed by atoms with Crippen molar-refractivity contribution in [3.8, 4) is 17.0 Å². The van der Waals surface area contributed by atoms with E-state index in [2.05, 4.69) is 81.8 Å². The summed E-state index contributed by atoms with van der Waals surface area (Å²) in [5.41, 5.74) is 5.30. The smallest absolute Gasteiger partial charge is 0.488 e. The molecular weight excluding hydrogens is 529 g/mol. The summed E-state index contributed by atoms with van der Waals surface area (Å²) in [6.07, 6.45) is 3.26. The largest absolute Gasteiger partial charge is 0.494 e. The van der Waals surface area contributed by atoms with Crippen molar-refractivity contribution in [3.05, 3.63) is 65.4 Å². The van der Waals surface area contributed by atoms with Crippen molar-refractivity contribution in [1.29, 1.82) is 0 Å². The quantitative estimate of drug-likeness (QED) is 0.262. The van der Waals surface area contributed by atoms with Crippen LogP contribution in [0.1, 0.15) is 64.2 Å². The number of benzene rings is 2. The van der Waals surface area contributed by atoms with Gasteiger partial charge in [-0.3, -0.25) is 4.79 Å². The van der Waals surface area contributed by atoms with E-state index in [0.717, 1.165) is 52.0 Å². The monoisotopic (exact) mass is 571 g/mol. The molecule has 0 saturated carbocycles. The minimum absolute atomic E-state index is 0.0596. The van der Waals surface area contributed by atoms with E-state index in [1.807, 2.05) is 19.1 Å². The lowest BCUT2D eigenvalue weighted by Crippen LogP contribution is -2.41. The van der Waals surface area contributed by atoms with Crippen LogP contribution in [0, 0.1) is 19.8 Å². The highest BCUT2D eigenvalue weighted by Gasteiger charge is 2.51. The molecule has 1 aromatic heterocycles. The van der Waals surface area contributed by atoms with Crippen LogP contribution in [-0.4, -0.2) is 54.0 Å². The van der Waals surface area contributed by atoms with E-state index in [0.29, 0.717) is 32.3 Å². The Morgan fingerprint density at radius 2 is 1.74 bits per heavy atom. The number of esters is 1. The number of ether oxygens (including phenoxy) is 2. The van der Waals surface area contributed by atoms with Gasteiger partial charge in [0, 0.05) is 24.8 Å². The molecule has 3 aromatic rings. The third-order valence-electron chi connectivity index (χ3n) is 8.73. The number of hydrogen-bond acceptors (Lipinski definition) is 8. The van der Waals surface area contributed by atoms with Crippen molar-refractivity contribution in [2.45, 2.75) is 79.1 Å². The Bertz CT molecular complexity index is 1420. The number of rotatable bonds is 8. The zero-order chi connectivity index (χ0) is 30.1. The molecule has 0 N–H and O–H groups in total. The zero-order valence-corrected chi connectivity index (χ0v) is 25.9. The molecule has 5 rings (SSSR count). The molecule has 2 aliphatic rings. The highest BCUT2D eigenvalue weighted by molar-refractivity contribution is 6.62. The Hall–Kier alpha value is -3.43. The maximum atomic E-state index is 12.2. The Balaban J connectivity index is 1.29. The van der Waals surface area contributed by atoms with Gasteiger partial charge in [-0.1, -0.05) is 29.8 Å². The van der Waals surface area contributed by atoms with E-state index in [1.165, 1.54) is 0 Å². The second kappa shape index (κ2) is 12.1. The number of piperidine rings is 1. The fourth-order valence-corrected chi connectivity index (χ4v) is 5.36. The van der Waals surface area contributed by atoms with Gasteiger partial charge < -0.3 is 23.7 Å². The van der Waals surface area contributed by atoms with Gasteiger partial charge in [-0.15, -0.1) is 0 Å². The molecule has 2 aromatic carbocycles. The van der Waals surface area contributed by atoms with Gasteiger partial charge in [-0.2, -0.15) is 0 Å². The molecule has 42 heavy (non-hydrogen) atoms. The van der Waals surface area contributed by atoms with Crippen LogP contribution in [-0.2, 0) is 25.4 Å². The summed E-state index contributed by atoms with van der Waals surface area (Å²) in [6.45, 7) is 16.5. The third-order valence-corrected chi connectivity index (χ3v) is 8.73. The minimum atomic E-state index is -0.393. The van der Waals surface area contributed by atoms with Crippen molar-refractivity contribution in [2.75, 3.05) is 24.6 Å². The first-order valence-corrected chi connectivity index (χ1v) is 14.9. The van der Waals surface area contributed by atoms with Crippen LogP contribution in [0.3, 0.4) is 0 Å². The van der Waals surface area contributed by atoms with Gasteiger partial charge >= 0.3 is 13.1 Å². The maximum absolute atomic E-state index is 12.2. The van der Waals surface area contributed by atoms with Crippen LogP contribution in [0.2, 0.25) is 0 Å². The number of aromatic nitrogens is 2. The minimum Gasteiger partial charge on any atom is -0.488 e. The van der Waals surface area contributed by atoms with Crippen molar-refractivity contribution < 1.29 is 23.6 Å². The van der Waals surface area contributed by atoms with Gasteiger partial charge in [0.15, 0.2) is 0 Å². The lowest BCUT2D eigenvalue weighted by Gasteiger charge is -2.32. The summed E-state index contributed by atoms with van der Waals surface area (Å²) in [5, 5.41) is 0. The molecule has 8 nitrogen and oxygen atoms in total. The number of nitrogens with zero attached hydrogens (tertiary/aromatic N) is 3. The summed E-state index contributed by atoms with van der Waals surface area (Å²) in [5.74, 6) is 1.26. The normalized spacial score (nSPS) is 18.3. The molecular formula is C33H42BN3O5. The number of carbonyl (C=O) groups excluding carboxylic acids is 1. The fourth-order valence-electron chi connectivity index (χ4n) is 5.36. The molecule has 0 radical (unpaired) electrons. The van der Waals surface area contributed by atoms with Crippen molar-refractivity contribution >= 4 is 24.5 Å². The van der Waals surface area contributed by atoms with Gasteiger partial charge in [0.2, 0.25) is 5.95 Å². The Morgan fingerprint density at radius 3 is 2.40 bits per heavy atom. The van der Waals surface area contributed by atoms with E-state index < -0.39 is 7.12 Å². The zero-order valence-electron chi connectivity index (χ0n) is 25.9. The van der Waals surface area contributed by atoms with Crippen LogP contribution < -0.4 is 15.1 Å². The van der Waals surface area contributed by atoms with Gasteiger partial charge in [0.05, 0.1) is 29.4 Å². The number of aryl methyl sites for hydroxylation is 2. The van der Waals surface area contributed by atoms with E-state index >= 15 is 0 Å². The molecule has 2 saturated heterocycles.